The molecule has 6 nitrogen and oxygen atoms in total. The predicted octanol–water partition coefficient (Wildman–Crippen LogP) is 0.478. The molecule has 1 aromatic heterocycles. The molecule has 1 saturated carbocycles. The number of hydrogen-bond acceptors (Lipinski definition) is 5. The zero-order valence-electron chi connectivity index (χ0n) is 10.1. The predicted molar refractivity (Wildman–Crippen MR) is 68.0 cm³/mol. The molecule has 1 aromatic rings. The minimum absolute atomic E-state index is 0.127. The number of nitrogens with one attached hydrogen (secondary N) is 1. The zero-order valence-corrected chi connectivity index (χ0v) is 10.9. The molecule has 7 heteroatoms. The summed E-state index contributed by atoms with van der Waals surface area (Å²) in [5.74, 6) is 0. The molecule has 0 bridgehead atoms. The molecule has 1 heterocycles. The first-order valence-corrected chi connectivity index (χ1v) is 6.18. The molecule has 18 heavy (non-hydrogen) atoms. The van der Waals surface area contributed by atoms with Crippen molar-refractivity contribution in [1.29, 1.82) is 0 Å². The fourth-order valence-electron chi connectivity index (χ4n) is 1.83. The summed E-state index contributed by atoms with van der Waals surface area (Å²) in [4.78, 5) is 11.9. The van der Waals surface area contributed by atoms with Crippen LogP contribution in [0.5, 0.6) is 0 Å². The molecule has 0 aromatic carbocycles. The van der Waals surface area contributed by atoms with Gasteiger partial charge in [-0.15, -0.1) is 0 Å². The molecule has 100 valence electrons. The normalized spacial score (nSPS) is 22.6. The van der Waals surface area contributed by atoms with Crippen molar-refractivity contribution in [2.24, 2.45) is 0 Å². The summed E-state index contributed by atoms with van der Waals surface area (Å²) >= 11 is 6.00. The van der Waals surface area contributed by atoms with E-state index in [0.717, 1.165) is 0 Å². The van der Waals surface area contributed by atoms with Gasteiger partial charge in [-0.2, -0.15) is 5.10 Å². The van der Waals surface area contributed by atoms with Gasteiger partial charge in [-0.25, -0.2) is 4.68 Å². The van der Waals surface area contributed by atoms with Gasteiger partial charge < -0.3 is 15.2 Å². The molecule has 1 aliphatic carbocycles. The number of aliphatic hydroxyl groups excluding tert-OH is 1. The fourth-order valence-corrected chi connectivity index (χ4v) is 2.03. The van der Waals surface area contributed by atoms with E-state index in [1.807, 2.05) is 0 Å². The Kier molecular flexibility index (Phi) is 4.21. The summed E-state index contributed by atoms with van der Waals surface area (Å²) < 4.78 is 6.16. The number of aromatic nitrogens is 2. The van der Waals surface area contributed by atoms with Crippen molar-refractivity contribution in [2.75, 3.05) is 19.0 Å². The number of nitrogens with zero attached hydrogens (tertiary/aromatic N) is 2. The second kappa shape index (κ2) is 5.69. The van der Waals surface area contributed by atoms with Crippen molar-refractivity contribution < 1.29 is 9.84 Å². The van der Waals surface area contributed by atoms with Gasteiger partial charge in [-0.05, 0) is 12.8 Å². The first kappa shape index (κ1) is 13.3. The minimum atomic E-state index is -0.335. The van der Waals surface area contributed by atoms with E-state index in [1.54, 1.807) is 7.11 Å². The molecular formula is C11H16ClN3O3. The second-order valence-corrected chi connectivity index (χ2v) is 4.74. The smallest absolute Gasteiger partial charge is 0.287 e. The Balaban J connectivity index is 2.08. The van der Waals surface area contributed by atoms with Gasteiger partial charge in [0.1, 0.15) is 5.02 Å². The maximum absolute atomic E-state index is 11.9. The van der Waals surface area contributed by atoms with Crippen LogP contribution in [0.2, 0.25) is 5.02 Å². The lowest BCUT2D eigenvalue weighted by Crippen LogP contribution is -2.39. The molecule has 1 fully saturated rings. The van der Waals surface area contributed by atoms with Crippen LogP contribution in [0.3, 0.4) is 0 Å². The van der Waals surface area contributed by atoms with E-state index in [2.05, 4.69) is 10.4 Å². The number of halogens is 1. The summed E-state index contributed by atoms with van der Waals surface area (Å²) in [7, 11) is 1.56. The van der Waals surface area contributed by atoms with Gasteiger partial charge in [0.15, 0.2) is 0 Å². The van der Waals surface area contributed by atoms with Crippen LogP contribution < -0.4 is 10.9 Å². The largest absolute Gasteiger partial charge is 0.393 e. The Morgan fingerprint density at radius 2 is 2.39 bits per heavy atom. The van der Waals surface area contributed by atoms with Crippen molar-refractivity contribution in [2.45, 2.75) is 31.5 Å². The third-order valence-electron chi connectivity index (χ3n) is 2.96. The number of hydrogen-bond donors (Lipinski definition) is 2. The van der Waals surface area contributed by atoms with Gasteiger partial charge in [0.25, 0.3) is 5.56 Å². The summed E-state index contributed by atoms with van der Waals surface area (Å²) in [6.45, 7) is 0.780. The van der Waals surface area contributed by atoms with E-state index in [0.29, 0.717) is 31.7 Å². The molecule has 2 N–H and O–H groups in total. The van der Waals surface area contributed by atoms with Gasteiger partial charge in [0, 0.05) is 13.2 Å². The summed E-state index contributed by atoms with van der Waals surface area (Å²) in [5.41, 5.74) is 0.186. The lowest BCUT2D eigenvalue weighted by molar-refractivity contribution is 0.0836. The minimum Gasteiger partial charge on any atom is -0.393 e. The van der Waals surface area contributed by atoms with Crippen LogP contribution in [0.15, 0.2) is 11.0 Å². The zero-order chi connectivity index (χ0) is 13.1. The number of rotatable bonds is 5. The molecular weight excluding hydrogens is 258 g/mol. The molecule has 2 rings (SSSR count). The van der Waals surface area contributed by atoms with E-state index >= 15 is 0 Å². The highest BCUT2D eigenvalue weighted by atomic mass is 35.5. The number of ether oxygens (including phenoxy) is 1. The number of methoxy groups -OCH3 is 1. The van der Waals surface area contributed by atoms with Crippen LogP contribution in [-0.2, 0) is 11.3 Å². The van der Waals surface area contributed by atoms with Crippen molar-refractivity contribution in [3.63, 3.8) is 0 Å². The van der Waals surface area contributed by atoms with Crippen LogP contribution in [0.1, 0.15) is 12.8 Å². The third-order valence-corrected chi connectivity index (χ3v) is 3.33. The third kappa shape index (κ3) is 2.82. The average Bonchev–Trinajstić information content (AvgIpc) is 2.32. The summed E-state index contributed by atoms with van der Waals surface area (Å²) in [6, 6.07) is 0.161. The van der Waals surface area contributed by atoms with Crippen molar-refractivity contribution in [1.82, 2.24) is 9.78 Å². The van der Waals surface area contributed by atoms with Crippen LogP contribution in [0.4, 0.5) is 5.69 Å². The van der Waals surface area contributed by atoms with Gasteiger partial charge in [0.05, 0.1) is 31.1 Å². The lowest BCUT2D eigenvalue weighted by Gasteiger charge is -2.32. The van der Waals surface area contributed by atoms with Crippen LogP contribution in [0.25, 0.3) is 0 Å². The topological polar surface area (TPSA) is 76.4 Å². The quantitative estimate of drug-likeness (QED) is 0.816. The summed E-state index contributed by atoms with van der Waals surface area (Å²) in [6.07, 6.45) is 2.62. The molecule has 0 radical (unpaired) electrons. The van der Waals surface area contributed by atoms with E-state index in [4.69, 9.17) is 16.3 Å². The fraction of sp³-hybridized carbons (Fsp3) is 0.636. The van der Waals surface area contributed by atoms with Crippen molar-refractivity contribution in [3.05, 3.63) is 21.6 Å². The van der Waals surface area contributed by atoms with Gasteiger partial charge >= 0.3 is 0 Å². The van der Waals surface area contributed by atoms with Crippen molar-refractivity contribution in [3.8, 4) is 0 Å². The molecule has 0 saturated heterocycles. The van der Waals surface area contributed by atoms with Crippen molar-refractivity contribution >= 4 is 17.3 Å². The van der Waals surface area contributed by atoms with E-state index in [-0.39, 0.29) is 22.7 Å². The monoisotopic (exact) mass is 273 g/mol. The van der Waals surface area contributed by atoms with Gasteiger partial charge in [0.2, 0.25) is 0 Å². The summed E-state index contributed by atoms with van der Waals surface area (Å²) in [5, 5.41) is 16.4. The maximum atomic E-state index is 11.9. The van der Waals surface area contributed by atoms with E-state index in [9.17, 15) is 9.90 Å². The average molecular weight is 274 g/mol. The van der Waals surface area contributed by atoms with Gasteiger partial charge in [-0.3, -0.25) is 4.79 Å². The Hall–Kier alpha value is -1.11. The van der Waals surface area contributed by atoms with E-state index in [1.165, 1.54) is 10.9 Å². The highest BCUT2D eigenvalue weighted by Crippen LogP contribution is 2.25. The first-order chi connectivity index (χ1) is 8.61. The SMILES string of the molecule is COCCn1ncc(NC2CC(O)C2)c(Cl)c1=O. The Bertz CT molecular complexity index is 471. The first-order valence-electron chi connectivity index (χ1n) is 5.81. The van der Waals surface area contributed by atoms with Crippen LogP contribution >= 0.6 is 11.6 Å². The molecule has 0 unspecified atom stereocenters. The number of anilines is 1. The molecule has 0 amide bonds. The number of aliphatic hydroxyl groups is 1. The van der Waals surface area contributed by atoms with E-state index < -0.39 is 0 Å². The highest BCUT2D eigenvalue weighted by Gasteiger charge is 2.27. The Labute approximate surface area is 110 Å². The van der Waals surface area contributed by atoms with Crippen LogP contribution in [0, 0.1) is 0 Å². The second-order valence-electron chi connectivity index (χ2n) is 4.36. The Morgan fingerprint density at radius 1 is 1.67 bits per heavy atom. The van der Waals surface area contributed by atoms with Gasteiger partial charge in [-0.1, -0.05) is 11.6 Å². The Morgan fingerprint density at radius 3 is 3.00 bits per heavy atom. The lowest BCUT2D eigenvalue weighted by atomic mass is 9.89. The maximum Gasteiger partial charge on any atom is 0.287 e. The highest BCUT2D eigenvalue weighted by molar-refractivity contribution is 6.32. The standard InChI is InChI=1S/C11H16ClN3O3/c1-18-3-2-15-11(17)10(12)9(6-13-15)14-7-4-8(16)5-7/h6-8,14,16H,2-5H2,1H3. The molecule has 0 spiro atoms. The van der Waals surface area contributed by atoms with Crippen LogP contribution in [-0.4, -0.2) is 40.7 Å². The molecule has 1 aliphatic rings. The molecule has 0 aliphatic heterocycles. The molecule has 0 atom stereocenters.